The first kappa shape index (κ1) is 17.4. The van der Waals surface area contributed by atoms with Gasteiger partial charge in [0.15, 0.2) is 0 Å². The van der Waals surface area contributed by atoms with Crippen molar-refractivity contribution < 1.29 is 4.79 Å². The zero-order valence-corrected chi connectivity index (χ0v) is 15.1. The fourth-order valence-electron chi connectivity index (χ4n) is 2.90. The first-order valence-electron chi connectivity index (χ1n) is 8.64. The molecule has 0 radical (unpaired) electrons. The van der Waals surface area contributed by atoms with Crippen molar-refractivity contribution in [3.05, 3.63) is 47.3 Å². The number of rotatable bonds is 4. The summed E-state index contributed by atoms with van der Waals surface area (Å²) in [6, 6.07) is 7.72. The van der Waals surface area contributed by atoms with Crippen LogP contribution in [0.4, 0.5) is 11.6 Å². The summed E-state index contributed by atoms with van der Waals surface area (Å²) in [5, 5.41) is 2.91. The summed E-state index contributed by atoms with van der Waals surface area (Å²) < 4.78 is 0. The number of anilines is 2. The Labute approximate surface area is 148 Å². The SMILES string of the molecule is Cc1ccc(CC(=O)Nc2ccc(C)c(N3CCN(C)CC3)n2)cn1. The molecule has 1 N–H and O–H groups in total. The molecule has 0 unspecified atom stereocenters. The molecule has 1 amide bonds. The average Bonchev–Trinajstić information content (AvgIpc) is 2.59. The summed E-state index contributed by atoms with van der Waals surface area (Å²) in [5.74, 6) is 1.49. The number of aromatic nitrogens is 2. The number of carbonyl (C=O) groups is 1. The minimum Gasteiger partial charge on any atom is -0.354 e. The molecule has 1 saturated heterocycles. The van der Waals surface area contributed by atoms with E-state index in [2.05, 4.69) is 39.1 Å². The van der Waals surface area contributed by atoms with Crippen molar-refractivity contribution in [2.45, 2.75) is 20.3 Å². The molecule has 1 fully saturated rings. The molecule has 2 aromatic heterocycles. The summed E-state index contributed by atoms with van der Waals surface area (Å²) in [6.07, 6.45) is 2.04. The van der Waals surface area contributed by atoms with Crippen LogP contribution in [-0.4, -0.2) is 54.0 Å². The maximum atomic E-state index is 12.3. The molecule has 6 nitrogen and oxygen atoms in total. The van der Waals surface area contributed by atoms with E-state index in [0.29, 0.717) is 12.2 Å². The van der Waals surface area contributed by atoms with Crippen LogP contribution in [0, 0.1) is 13.8 Å². The van der Waals surface area contributed by atoms with Gasteiger partial charge >= 0.3 is 0 Å². The third-order valence-electron chi connectivity index (χ3n) is 4.48. The van der Waals surface area contributed by atoms with Crippen molar-refractivity contribution in [1.82, 2.24) is 14.9 Å². The predicted molar refractivity (Wildman–Crippen MR) is 100.0 cm³/mol. The topological polar surface area (TPSA) is 61.4 Å². The first-order valence-corrected chi connectivity index (χ1v) is 8.64. The van der Waals surface area contributed by atoms with Crippen LogP contribution in [-0.2, 0) is 11.2 Å². The molecule has 3 rings (SSSR count). The summed E-state index contributed by atoms with van der Waals surface area (Å²) in [7, 11) is 2.13. The normalized spacial score (nSPS) is 15.2. The van der Waals surface area contributed by atoms with Gasteiger partial charge in [-0.1, -0.05) is 12.1 Å². The molecule has 0 aliphatic carbocycles. The summed E-state index contributed by atoms with van der Waals surface area (Å²) in [4.78, 5) is 25.8. The van der Waals surface area contributed by atoms with E-state index in [1.54, 1.807) is 6.20 Å². The number of carbonyl (C=O) groups excluding carboxylic acids is 1. The van der Waals surface area contributed by atoms with Crippen molar-refractivity contribution in [2.24, 2.45) is 0 Å². The van der Waals surface area contributed by atoms with Crippen molar-refractivity contribution in [3.8, 4) is 0 Å². The average molecular weight is 339 g/mol. The number of likely N-dealkylation sites (N-methyl/N-ethyl adjacent to an activating group) is 1. The van der Waals surface area contributed by atoms with Gasteiger partial charge < -0.3 is 15.1 Å². The Hall–Kier alpha value is -2.47. The van der Waals surface area contributed by atoms with Gasteiger partial charge in [0.05, 0.1) is 6.42 Å². The van der Waals surface area contributed by atoms with Crippen LogP contribution in [0.2, 0.25) is 0 Å². The third kappa shape index (κ3) is 4.54. The highest BCUT2D eigenvalue weighted by atomic mass is 16.1. The zero-order chi connectivity index (χ0) is 17.8. The van der Waals surface area contributed by atoms with Crippen LogP contribution in [0.1, 0.15) is 16.8 Å². The number of pyridine rings is 2. The van der Waals surface area contributed by atoms with Crippen LogP contribution >= 0.6 is 0 Å². The van der Waals surface area contributed by atoms with Gasteiger partial charge in [0.25, 0.3) is 0 Å². The zero-order valence-electron chi connectivity index (χ0n) is 15.1. The summed E-state index contributed by atoms with van der Waals surface area (Å²) in [5.41, 5.74) is 2.97. The number of nitrogens with one attached hydrogen (secondary N) is 1. The van der Waals surface area contributed by atoms with E-state index in [9.17, 15) is 4.79 Å². The lowest BCUT2D eigenvalue weighted by molar-refractivity contribution is -0.115. The number of aryl methyl sites for hydroxylation is 2. The van der Waals surface area contributed by atoms with E-state index in [0.717, 1.165) is 48.8 Å². The molecule has 25 heavy (non-hydrogen) atoms. The smallest absolute Gasteiger partial charge is 0.230 e. The Morgan fingerprint density at radius 2 is 1.88 bits per heavy atom. The fraction of sp³-hybridized carbons (Fsp3) is 0.421. The Kier molecular flexibility index (Phi) is 5.28. The van der Waals surface area contributed by atoms with Gasteiger partial charge in [-0.05, 0) is 44.2 Å². The summed E-state index contributed by atoms with van der Waals surface area (Å²) in [6.45, 7) is 7.95. The highest BCUT2D eigenvalue weighted by Gasteiger charge is 2.18. The van der Waals surface area contributed by atoms with Gasteiger partial charge in [0, 0.05) is 38.1 Å². The molecular formula is C19H25N5O. The van der Waals surface area contributed by atoms with E-state index in [1.165, 1.54) is 0 Å². The van der Waals surface area contributed by atoms with Gasteiger partial charge in [-0.3, -0.25) is 9.78 Å². The second-order valence-corrected chi connectivity index (χ2v) is 6.66. The molecule has 1 aliphatic rings. The second-order valence-electron chi connectivity index (χ2n) is 6.66. The quantitative estimate of drug-likeness (QED) is 0.923. The number of nitrogens with zero attached hydrogens (tertiary/aromatic N) is 4. The van der Waals surface area contributed by atoms with Crippen molar-refractivity contribution in [3.63, 3.8) is 0 Å². The van der Waals surface area contributed by atoms with Gasteiger partial charge in [-0.15, -0.1) is 0 Å². The van der Waals surface area contributed by atoms with E-state index >= 15 is 0 Å². The van der Waals surface area contributed by atoms with E-state index in [4.69, 9.17) is 0 Å². The third-order valence-corrected chi connectivity index (χ3v) is 4.48. The predicted octanol–water partition coefficient (Wildman–Crippen LogP) is 2.03. The van der Waals surface area contributed by atoms with Gasteiger partial charge in [-0.2, -0.15) is 0 Å². The van der Waals surface area contributed by atoms with Crippen molar-refractivity contribution in [2.75, 3.05) is 43.4 Å². The minimum absolute atomic E-state index is 0.0775. The Morgan fingerprint density at radius 1 is 1.12 bits per heavy atom. The number of piperazine rings is 1. The van der Waals surface area contributed by atoms with Gasteiger partial charge in [0.1, 0.15) is 11.6 Å². The van der Waals surface area contributed by atoms with Crippen molar-refractivity contribution in [1.29, 1.82) is 0 Å². The molecule has 2 aromatic rings. The first-order chi connectivity index (χ1) is 12.0. The molecule has 0 atom stereocenters. The fourth-order valence-corrected chi connectivity index (χ4v) is 2.90. The lowest BCUT2D eigenvalue weighted by Crippen LogP contribution is -2.45. The molecule has 3 heterocycles. The molecule has 1 aliphatic heterocycles. The molecule has 0 saturated carbocycles. The van der Waals surface area contributed by atoms with E-state index in [-0.39, 0.29) is 5.91 Å². The molecule has 6 heteroatoms. The number of amides is 1. The standard InChI is InChI=1S/C19H25N5O/c1-14-4-7-17(22-19(14)24-10-8-23(3)9-11-24)21-18(25)12-16-6-5-15(2)20-13-16/h4-7,13H,8-12H2,1-3H3,(H,21,22,25). The van der Waals surface area contributed by atoms with Gasteiger partial charge in [-0.25, -0.2) is 4.98 Å². The van der Waals surface area contributed by atoms with Gasteiger partial charge in [0.2, 0.25) is 5.91 Å². The second kappa shape index (κ2) is 7.61. The molecule has 0 bridgehead atoms. The maximum absolute atomic E-state index is 12.3. The molecule has 0 spiro atoms. The van der Waals surface area contributed by atoms with Crippen molar-refractivity contribution >= 4 is 17.5 Å². The van der Waals surface area contributed by atoms with Crippen LogP contribution in [0.15, 0.2) is 30.5 Å². The molecule has 0 aromatic carbocycles. The molecule has 132 valence electrons. The Bertz CT molecular complexity index is 736. The van der Waals surface area contributed by atoms with Crippen LogP contribution in [0.5, 0.6) is 0 Å². The highest BCUT2D eigenvalue weighted by Crippen LogP contribution is 2.21. The Morgan fingerprint density at radius 3 is 2.56 bits per heavy atom. The number of hydrogen-bond acceptors (Lipinski definition) is 5. The molecular weight excluding hydrogens is 314 g/mol. The van der Waals surface area contributed by atoms with E-state index in [1.807, 2.05) is 31.2 Å². The summed E-state index contributed by atoms with van der Waals surface area (Å²) >= 11 is 0. The van der Waals surface area contributed by atoms with E-state index < -0.39 is 0 Å². The highest BCUT2D eigenvalue weighted by molar-refractivity contribution is 5.91. The number of hydrogen-bond donors (Lipinski definition) is 1. The monoisotopic (exact) mass is 339 g/mol. The largest absolute Gasteiger partial charge is 0.354 e. The maximum Gasteiger partial charge on any atom is 0.230 e. The lowest BCUT2D eigenvalue weighted by Gasteiger charge is -2.34. The lowest BCUT2D eigenvalue weighted by atomic mass is 10.2. The Balaban J connectivity index is 1.67. The minimum atomic E-state index is -0.0775. The van der Waals surface area contributed by atoms with Crippen LogP contribution < -0.4 is 10.2 Å². The van der Waals surface area contributed by atoms with Crippen LogP contribution in [0.3, 0.4) is 0 Å². The van der Waals surface area contributed by atoms with Crippen LogP contribution in [0.25, 0.3) is 0 Å².